The van der Waals surface area contributed by atoms with Crippen molar-refractivity contribution in [1.29, 1.82) is 0 Å². The smallest absolute Gasteiger partial charge is 0.280 e. The molecule has 0 spiro atoms. The van der Waals surface area contributed by atoms with Gasteiger partial charge in [0.25, 0.3) is 5.56 Å². The van der Waals surface area contributed by atoms with E-state index in [-0.39, 0.29) is 11.1 Å². The van der Waals surface area contributed by atoms with Gasteiger partial charge in [-0.3, -0.25) is 14.3 Å². The summed E-state index contributed by atoms with van der Waals surface area (Å²) in [6, 6.07) is 0. The molecule has 3 N–H and O–H groups in total. The van der Waals surface area contributed by atoms with Gasteiger partial charge in [-0.05, 0) is 26.7 Å². The number of anilines is 1. The van der Waals surface area contributed by atoms with Crippen LogP contribution in [0.2, 0.25) is 0 Å². The van der Waals surface area contributed by atoms with E-state index in [9.17, 15) is 9.90 Å². The molecule has 2 fully saturated rings. The van der Waals surface area contributed by atoms with Crippen LogP contribution in [-0.2, 0) is 14.2 Å². The number of hydrogen-bond acceptors (Lipinski definition) is 8. The van der Waals surface area contributed by atoms with Crippen LogP contribution in [0.5, 0.6) is 0 Å². The zero-order valence-corrected chi connectivity index (χ0v) is 16.7. The van der Waals surface area contributed by atoms with E-state index in [1.807, 2.05) is 13.8 Å². The molecule has 0 saturated carbocycles. The summed E-state index contributed by atoms with van der Waals surface area (Å²) in [7, 11) is 0. The molecule has 10 heteroatoms. The van der Waals surface area contributed by atoms with E-state index in [1.54, 1.807) is 11.5 Å². The Morgan fingerprint density at radius 2 is 2.04 bits per heavy atom. The molecule has 4 rings (SSSR count). The SMILES string of the molecule is CC(C)CNc1nc2c(ncn2[C@@H]2O[C@H]([C@@H](C)O)C3OC(C)(C)O[C@@H]32)c(=O)[nH]1. The second-order valence-corrected chi connectivity index (χ2v) is 8.31. The van der Waals surface area contributed by atoms with Crippen molar-refractivity contribution in [2.75, 3.05) is 11.9 Å². The normalized spacial score (nSPS) is 30.1. The van der Waals surface area contributed by atoms with Gasteiger partial charge in [0.05, 0.1) is 12.4 Å². The molecule has 4 heterocycles. The van der Waals surface area contributed by atoms with E-state index < -0.39 is 36.4 Å². The molecule has 10 nitrogen and oxygen atoms in total. The number of hydrogen-bond donors (Lipinski definition) is 3. The Labute approximate surface area is 162 Å². The quantitative estimate of drug-likeness (QED) is 0.687. The van der Waals surface area contributed by atoms with Crippen molar-refractivity contribution in [3.63, 3.8) is 0 Å². The lowest BCUT2D eigenvalue weighted by atomic mass is 10.1. The first-order valence-electron chi connectivity index (χ1n) is 9.56. The maximum absolute atomic E-state index is 12.4. The van der Waals surface area contributed by atoms with Gasteiger partial charge in [-0.2, -0.15) is 4.98 Å². The lowest BCUT2D eigenvalue weighted by molar-refractivity contribution is -0.205. The molecular formula is C18H27N5O5. The third-order valence-corrected chi connectivity index (χ3v) is 4.92. The lowest BCUT2D eigenvalue weighted by Crippen LogP contribution is -2.36. The standard InChI is InChI=1S/C18H27N5O5/c1-8(2)6-19-17-21-14-10(15(25)22-17)20-7-23(14)16-13-12(11(26-16)9(3)24)27-18(4,5)28-13/h7-9,11-13,16,24H,6H2,1-5H3,(H2,19,21,22,25)/t9-,11-,12?,13+,16-/m1/s1. The summed E-state index contributed by atoms with van der Waals surface area (Å²) in [5.41, 5.74) is 0.271. The zero-order valence-electron chi connectivity index (χ0n) is 16.7. The van der Waals surface area contributed by atoms with Gasteiger partial charge in [-0.1, -0.05) is 13.8 Å². The summed E-state index contributed by atoms with van der Waals surface area (Å²) in [4.78, 5) is 23.9. The number of fused-ring (bicyclic) bond motifs is 2. The summed E-state index contributed by atoms with van der Waals surface area (Å²) in [5, 5.41) is 13.3. The van der Waals surface area contributed by atoms with Gasteiger partial charge in [0.1, 0.15) is 18.3 Å². The third kappa shape index (κ3) is 3.30. The van der Waals surface area contributed by atoms with E-state index in [4.69, 9.17) is 14.2 Å². The third-order valence-electron chi connectivity index (χ3n) is 4.92. The fourth-order valence-corrected chi connectivity index (χ4v) is 3.72. The predicted molar refractivity (Wildman–Crippen MR) is 101 cm³/mol. The van der Waals surface area contributed by atoms with Gasteiger partial charge >= 0.3 is 0 Å². The van der Waals surface area contributed by atoms with Crippen LogP contribution in [0.4, 0.5) is 5.95 Å². The van der Waals surface area contributed by atoms with Crippen molar-refractivity contribution in [2.45, 2.75) is 71.0 Å². The Morgan fingerprint density at radius 3 is 2.71 bits per heavy atom. The molecule has 28 heavy (non-hydrogen) atoms. The second kappa shape index (κ2) is 6.80. The summed E-state index contributed by atoms with van der Waals surface area (Å²) in [6.07, 6.45) is -1.30. The van der Waals surface area contributed by atoms with Gasteiger partial charge < -0.3 is 24.6 Å². The topological polar surface area (TPSA) is 124 Å². The molecule has 1 unspecified atom stereocenters. The molecule has 2 aromatic heterocycles. The molecule has 2 aliphatic heterocycles. The molecule has 0 bridgehead atoms. The maximum Gasteiger partial charge on any atom is 0.280 e. The van der Waals surface area contributed by atoms with Gasteiger partial charge in [-0.25, -0.2) is 4.98 Å². The number of nitrogens with one attached hydrogen (secondary N) is 2. The van der Waals surface area contributed by atoms with Gasteiger partial charge in [0.15, 0.2) is 23.2 Å². The molecule has 0 aromatic carbocycles. The minimum Gasteiger partial charge on any atom is -0.391 e. The number of aromatic amines is 1. The highest BCUT2D eigenvalue weighted by Crippen LogP contribution is 2.44. The summed E-state index contributed by atoms with van der Waals surface area (Å²) in [6.45, 7) is 10.1. The van der Waals surface area contributed by atoms with Crippen LogP contribution in [0.3, 0.4) is 0 Å². The highest BCUT2D eigenvalue weighted by atomic mass is 16.8. The van der Waals surface area contributed by atoms with Gasteiger partial charge in [0, 0.05) is 6.54 Å². The van der Waals surface area contributed by atoms with Crippen LogP contribution in [0.15, 0.2) is 11.1 Å². The Kier molecular flexibility index (Phi) is 4.69. The van der Waals surface area contributed by atoms with Crippen molar-refractivity contribution in [1.82, 2.24) is 19.5 Å². The summed E-state index contributed by atoms with van der Waals surface area (Å²) in [5.74, 6) is -0.0307. The van der Waals surface area contributed by atoms with Crippen molar-refractivity contribution in [3.8, 4) is 0 Å². The number of nitrogens with zero attached hydrogens (tertiary/aromatic N) is 3. The molecular weight excluding hydrogens is 366 g/mol. The highest BCUT2D eigenvalue weighted by molar-refractivity contribution is 5.71. The molecule has 5 atom stereocenters. The number of aliphatic hydroxyl groups is 1. The maximum atomic E-state index is 12.4. The Morgan fingerprint density at radius 1 is 1.32 bits per heavy atom. The molecule has 2 aliphatic rings. The van der Waals surface area contributed by atoms with Crippen LogP contribution >= 0.6 is 0 Å². The average Bonchev–Trinajstić information content (AvgIpc) is 3.23. The van der Waals surface area contributed by atoms with Crippen molar-refractivity contribution in [2.24, 2.45) is 5.92 Å². The molecule has 0 radical (unpaired) electrons. The number of aliphatic hydroxyl groups excluding tert-OH is 1. The van der Waals surface area contributed by atoms with Crippen molar-refractivity contribution >= 4 is 17.1 Å². The number of aromatic nitrogens is 4. The molecule has 154 valence electrons. The fourth-order valence-electron chi connectivity index (χ4n) is 3.72. The predicted octanol–water partition coefficient (Wildman–Crippen LogP) is 0.986. The number of ether oxygens (including phenoxy) is 3. The van der Waals surface area contributed by atoms with Crippen molar-refractivity contribution in [3.05, 3.63) is 16.7 Å². The monoisotopic (exact) mass is 393 g/mol. The van der Waals surface area contributed by atoms with E-state index in [0.29, 0.717) is 24.1 Å². The summed E-state index contributed by atoms with van der Waals surface area (Å²) >= 11 is 0. The molecule has 0 aliphatic carbocycles. The minimum atomic E-state index is -0.796. The summed E-state index contributed by atoms with van der Waals surface area (Å²) < 4.78 is 19.7. The largest absolute Gasteiger partial charge is 0.391 e. The van der Waals surface area contributed by atoms with E-state index in [0.717, 1.165) is 0 Å². The Bertz CT molecular complexity index is 921. The fraction of sp³-hybridized carbons (Fsp3) is 0.722. The van der Waals surface area contributed by atoms with Crippen LogP contribution in [-0.4, -0.2) is 61.4 Å². The van der Waals surface area contributed by atoms with Gasteiger partial charge in [0.2, 0.25) is 5.95 Å². The lowest BCUT2D eigenvalue weighted by Gasteiger charge is -2.25. The molecule has 2 aromatic rings. The van der Waals surface area contributed by atoms with E-state index >= 15 is 0 Å². The van der Waals surface area contributed by atoms with Gasteiger partial charge in [-0.15, -0.1) is 0 Å². The average molecular weight is 393 g/mol. The first-order valence-corrected chi connectivity index (χ1v) is 9.56. The Balaban J connectivity index is 1.73. The number of imidazole rings is 1. The van der Waals surface area contributed by atoms with E-state index in [2.05, 4.69) is 34.1 Å². The number of H-pyrrole nitrogens is 1. The zero-order chi connectivity index (χ0) is 20.2. The van der Waals surface area contributed by atoms with Crippen molar-refractivity contribution < 1.29 is 19.3 Å². The first kappa shape index (κ1) is 19.3. The second-order valence-electron chi connectivity index (χ2n) is 8.31. The number of rotatable bonds is 5. The van der Waals surface area contributed by atoms with Crippen LogP contribution < -0.4 is 10.9 Å². The Hall–Kier alpha value is -2.01. The minimum absolute atomic E-state index is 0.217. The highest BCUT2D eigenvalue weighted by Gasteiger charge is 2.57. The molecule has 0 amide bonds. The van der Waals surface area contributed by atoms with E-state index in [1.165, 1.54) is 6.33 Å². The van der Waals surface area contributed by atoms with Crippen LogP contribution in [0.25, 0.3) is 11.2 Å². The van der Waals surface area contributed by atoms with Crippen LogP contribution in [0.1, 0.15) is 40.8 Å². The first-order chi connectivity index (χ1) is 13.2. The molecule has 2 saturated heterocycles. The van der Waals surface area contributed by atoms with Crippen LogP contribution in [0, 0.1) is 5.92 Å².